The van der Waals surface area contributed by atoms with E-state index in [0.717, 1.165) is 30.2 Å². The largest absolute Gasteiger partial charge is 0.493 e. The fourth-order valence-electron chi connectivity index (χ4n) is 3.29. The van der Waals surface area contributed by atoms with Crippen molar-refractivity contribution in [1.82, 2.24) is 0 Å². The molecular weight excluding hydrogens is 286 g/mol. The summed E-state index contributed by atoms with van der Waals surface area (Å²) < 4.78 is 11.4. The summed E-state index contributed by atoms with van der Waals surface area (Å²) in [6, 6.07) is 14.0. The van der Waals surface area contributed by atoms with E-state index < -0.39 is 0 Å². The molecule has 1 aliphatic heterocycles. The van der Waals surface area contributed by atoms with Crippen LogP contribution in [0.1, 0.15) is 38.7 Å². The molecule has 3 nitrogen and oxygen atoms in total. The second kappa shape index (κ2) is 6.15. The Morgan fingerprint density at radius 3 is 2.48 bits per heavy atom. The fraction of sp³-hybridized carbons (Fsp3) is 0.400. The third kappa shape index (κ3) is 3.29. The molecule has 0 aromatic heterocycles. The lowest BCUT2D eigenvalue weighted by Crippen LogP contribution is -2.26. The molecule has 3 heteroatoms. The zero-order valence-corrected chi connectivity index (χ0v) is 14.3. The van der Waals surface area contributed by atoms with Crippen LogP contribution in [0.2, 0.25) is 0 Å². The smallest absolute Gasteiger partial charge is 0.169 e. The van der Waals surface area contributed by atoms with E-state index in [1.807, 2.05) is 30.3 Å². The molecule has 1 atom stereocenters. The molecule has 1 aliphatic rings. The number of ether oxygens (including phenoxy) is 2. The van der Waals surface area contributed by atoms with Crippen LogP contribution < -0.4 is 14.8 Å². The zero-order chi connectivity index (χ0) is 16.4. The Balaban J connectivity index is 1.94. The van der Waals surface area contributed by atoms with Crippen molar-refractivity contribution in [2.45, 2.75) is 33.1 Å². The Bertz CT molecular complexity index is 688. The highest BCUT2D eigenvalue weighted by molar-refractivity contribution is 5.58. The van der Waals surface area contributed by atoms with Crippen molar-refractivity contribution in [2.24, 2.45) is 5.41 Å². The summed E-state index contributed by atoms with van der Waals surface area (Å²) >= 11 is 0. The van der Waals surface area contributed by atoms with E-state index in [4.69, 9.17) is 9.47 Å². The minimum atomic E-state index is 0.236. The number of anilines is 1. The van der Waals surface area contributed by atoms with Crippen LogP contribution in [-0.2, 0) is 0 Å². The Kier molecular flexibility index (Phi) is 4.20. The maximum Gasteiger partial charge on any atom is 0.169 e. The van der Waals surface area contributed by atoms with Gasteiger partial charge in [0, 0.05) is 12.2 Å². The van der Waals surface area contributed by atoms with E-state index in [2.05, 4.69) is 38.2 Å². The number of methoxy groups -OCH3 is 1. The molecule has 0 fully saturated rings. The van der Waals surface area contributed by atoms with Crippen molar-refractivity contribution in [3.8, 4) is 17.2 Å². The van der Waals surface area contributed by atoms with Gasteiger partial charge in [0.25, 0.3) is 0 Å². The summed E-state index contributed by atoms with van der Waals surface area (Å²) in [5.41, 5.74) is 2.81. The minimum absolute atomic E-state index is 0.236. The average molecular weight is 311 g/mol. The van der Waals surface area contributed by atoms with Crippen LogP contribution in [0.15, 0.2) is 42.5 Å². The predicted molar refractivity (Wildman–Crippen MR) is 94.8 cm³/mol. The first kappa shape index (κ1) is 15.7. The summed E-state index contributed by atoms with van der Waals surface area (Å²) in [6.45, 7) is 7.95. The van der Waals surface area contributed by atoms with Crippen molar-refractivity contribution in [3.05, 3.63) is 48.0 Å². The van der Waals surface area contributed by atoms with Crippen molar-refractivity contribution in [2.75, 3.05) is 19.0 Å². The van der Waals surface area contributed by atoms with Crippen LogP contribution in [0.25, 0.3) is 0 Å². The lowest BCUT2D eigenvalue weighted by Gasteiger charge is -2.36. The fourth-order valence-corrected chi connectivity index (χ4v) is 3.29. The van der Waals surface area contributed by atoms with E-state index in [1.54, 1.807) is 7.11 Å². The summed E-state index contributed by atoms with van der Waals surface area (Å²) in [5, 5.41) is 3.50. The molecule has 0 saturated heterocycles. The number of para-hydroxylation sites is 2. The standard InChI is InChI=1S/C20H25NO2/c1-20(2,3)16-11-12-21-17-10-9-14(13-15(16)17)23-19-8-6-5-7-18(19)22-4/h5-10,13,16,21H,11-12H2,1-4H3. The highest BCUT2D eigenvalue weighted by atomic mass is 16.5. The average Bonchev–Trinajstić information content (AvgIpc) is 2.54. The molecule has 0 spiro atoms. The van der Waals surface area contributed by atoms with Gasteiger partial charge in [-0.15, -0.1) is 0 Å². The molecule has 0 aliphatic carbocycles. The van der Waals surface area contributed by atoms with Gasteiger partial charge >= 0.3 is 0 Å². The van der Waals surface area contributed by atoms with Crippen LogP contribution in [-0.4, -0.2) is 13.7 Å². The third-order valence-corrected chi connectivity index (χ3v) is 4.49. The van der Waals surface area contributed by atoms with Gasteiger partial charge in [0.15, 0.2) is 11.5 Å². The first-order valence-electron chi connectivity index (χ1n) is 8.18. The van der Waals surface area contributed by atoms with Gasteiger partial charge in [-0.25, -0.2) is 0 Å². The van der Waals surface area contributed by atoms with Gasteiger partial charge in [-0.2, -0.15) is 0 Å². The van der Waals surface area contributed by atoms with E-state index in [-0.39, 0.29) is 5.41 Å². The molecule has 1 unspecified atom stereocenters. The van der Waals surface area contributed by atoms with Crippen molar-refractivity contribution in [1.29, 1.82) is 0 Å². The summed E-state index contributed by atoms with van der Waals surface area (Å²) in [4.78, 5) is 0. The van der Waals surface area contributed by atoms with Gasteiger partial charge in [0.2, 0.25) is 0 Å². The minimum Gasteiger partial charge on any atom is -0.493 e. The highest BCUT2D eigenvalue weighted by Gasteiger charge is 2.30. The van der Waals surface area contributed by atoms with Gasteiger partial charge in [0.05, 0.1) is 7.11 Å². The van der Waals surface area contributed by atoms with Crippen LogP contribution >= 0.6 is 0 Å². The molecule has 0 radical (unpaired) electrons. The number of hydrogen-bond acceptors (Lipinski definition) is 3. The molecule has 0 amide bonds. The van der Waals surface area contributed by atoms with Crippen molar-refractivity contribution >= 4 is 5.69 Å². The first-order valence-corrected chi connectivity index (χ1v) is 8.18. The molecule has 1 N–H and O–H groups in total. The molecule has 0 saturated carbocycles. The Hall–Kier alpha value is -2.16. The lowest BCUT2D eigenvalue weighted by atomic mass is 9.73. The topological polar surface area (TPSA) is 30.5 Å². The second-order valence-electron chi connectivity index (χ2n) is 7.14. The molecular formula is C20H25NO2. The maximum atomic E-state index is 6.07. The number of hydrogen-bond donors (Lipinski definition) is 1. The van der Waals surface area contributed by atoms with Gasteiger partial charge in [0.1, 0.15) is 5.75 Å². The van der Waals surface area contributed by atoms with E-state index in [1.165, 1.54) is 11.3 Å². The van der Waals surface area contributed by atoms with Gasteiger partial charge < -0.3 is 14.8 Å². The zero-order valence-electron chi connectivity index (χ0n) is 14.3. The summed E-state index contributed by atoms with van der Waals surface area (Å²) in [5.74, 6) is 2.87. The van der Waals surface area contributed by atoms with Crippen LogP contribution in [0.3, 0.4) is 0 Å². The van der Waals surface area contributed by atoms with Crippen LogP contribution in [0.4, 0.5) is 5.69 Å². The molecule has 2 aromatic rings. The number of benzene rings is 2. The molecule has 122 valence electrons. The number of nitrogens with one attached hydrogen (secondary N) is 1. The predicted octanol–water partition coefficient (Wildman–Crippen LogP) is 5.43. The van der Waals surface area contributed by atoms with Crippen molar-refractivity contribution < 1.29 is 9.47 Å². The molecule has 23 heavy (non-hydrogen) atoms. The number of rotatable bonds is 3. The lowest BCUT2D eigenvalue weighted by molar-refractivity contribution is 0.305. The first-order chi connectivity index (χ1) is 11.0. The molecule has 1 heterocycles. The highest BCUT2D eigenvalue weighted by Crippen LogP contribution is 2.45. The SMILES string of the molecule is COc1ccccc1Oc1ccc2c(c1)C(C(C)(C)C)CCN2. The van der Waals surface area contributed by atoms with Crippen LogP contribution in [0.5, 0.6) is 17.2 Å². The summed E-state index contributed by atoms with van der Waals surface area (Å²) in [7, 11) is 1.66. The monoisotopic (exact) mass is 311 g/mol. The second-order valence-corrected chi connectivity index (χ2v) is 7.14. The maximum absolute atomic E-state index is 6.07. The Morgan fingerprint density at radius 2 is 1.78 bits per heavy atom. The van der Waals surface area contributed by atoms with E-state index in [9.17, 15) is 0 Å². The Morgan fingerprint density at radius 1 is 1.04 bits per heavy atom. The van der Waals surface area contributed by atoms with Crippen molar-refractivity contribution in [3.63, 3.8) is 0 Å². The normalized spacial score (nSPS) is 17.1. The quantitative estimate of drug-likeness (QED) is 0.819. The molecule has 0 bridgehead atoms. The van der Waals surface area contributed by atoms with Gasteiger partial charge in [-0.3, -0.25) is 0 Å². The number of fused-ring (bicyclic) bond motifs is 1. The van der Waals surface area contributed by atoms with E-state index >= 15 is 0 Å². The van der Waals surface area contributed by atoms with Gasteiger partial charge in [-0.05, 0) is 53.6 Å². The third-order valence-electron chi connectivity index (χ3n) is 4.49. The van der Waals surface area contributed by atoms with Gasteiger partial charge in [-0.1, -0.05) is 32.9 Å². The van der Waals surface area contributed by atoms with E-state index in [0.29, 0.717) is 5.92 Å². The molecule has 3 rings (SSSR count). The van der Waals surface area contributed by atoms with Crippen LogP contribution in [0, 0.1) is 5.41 Å². The summed E-state index contributed by atoms with van der Waals surface area (Å²) in [6.07, 6.45) is 1.15. The Labute approximate surface area is 138 Å². The molecule has 2 aromatic carbocycles.